The molecule has 0 spiro atoms. The molecule has 1 aromatic heterocycles. The molecular formula is C41H64N4O8S. The van der Waals surface area contributed by atoms with Gasteiger partial charge in [0.1, 0.15) is 23.6 Å². The molecule has 7 atom stereocenters. The average molecular weight is 773 g/mol. The Hall–Kier alpha value is -3.23. The van der Waals surface area contributed by atoms with Gasteiger partial charge in [-0.25, -0.2) is 4.98 Å². The topological polar surface area (TPSA) is 148 Å². The molecule has 3 rings (SSSR count). The minimum Gasteiger partial charge on any atom is -0.481 e. The van der Waals surface area contributed by atoms with Gasteiger partial charge < -0.3 is 29.5 Å². The molecule has 12 nitrogen and oxygen atoms in total. The third-order valence-corrected chi connectivity index (χ3v) is 11.7. The maximum atomic E-state index is 14.7. The van der Waals surface area contributed by atoms with Gasteiger partial charge in [-0.05, 0) is 56.7 Å². The van der Waals surface area contributed by atoms with E-state index in [4.69, 9.17) is 19.2 Å². The number of thiazole rings is 1. The first-order valence-corrected chi connectivity index (χ1v) is 20.3. The number of methoxy groups -OCH3 is 2. The van der Waals surface area contributed by atoms with Gasteiger partial charge in [0, 0.05) is 57.0 Å². The number of carbonyl (C=O) groups excluding carboxylic acids is 3. The highest BCUT2D eigenvalue weighted by Gasteiger charge is 2.38. The van der Waals surface area contributed by atoms with E-state index in [2.05, 4.69) is 37.9 Å². The van der Waals surface area contributed by atoms with Gasteiger partial charge in [-0.1, -0.05) is 77.8 Å². The molecule has 2 heterocycles. The molecule has 0 saturated carbocycles. The van der Waals surface area contributed by atoms with Crippen LogP contribution in [0.2, 0.25) is 0 Å². The lowest BCUT2D eigenvalue weighted by Crippen LogP contribution is -2.50. The van der Waals surface area contributed by atoms with Gasteiger partial charge in [0.15, 0.2) is 5.78 Å². The van der Waals surface area contributed by atoms with Gasteiger partial charge in [-0.15, -0.1) is 11.3 Å². The fraction of sp³-hybridized carbons (Fsp3) is 0.683. The van der Waals surface area contributed by atoms with Crippen LogP contribution >= 0.6 is 11.3 Å². The number of rotatable bonds is 24. The average Bonchev–Trinajstić information content (AvgIpc) is 3.65. The Balaban J connectivity index is 1.88. The van der Waals surface area contributed by atoms with E-state index in [0.717, 1.165) is 37.8 Å². The molecule has 1 saturated heterocycles. The summed E-state index contributed by atoms with van der Waals surface area (Å²) < 4.78 is 17.0. The summed E-state index contributed by atoms with van der Waals surface area (Å²) in [6.07, 6.45) is 4.38. The number of hydrogen-bond acceptors (Lipinski definition) is 10. The van der Waals surface area contributed by atoms with Crippen molar-refractivity contribution < 1.29 is 38.5 Å². The smallest absolute Gasteiger partial charge is 0.306 e. The molecule has 3 unspecified atom stereocenters. The lowest BCUT2D eigenvalue weighted by atomic mass is 9.82. The predicted octanol–water partition coefficient (Wildman–Crippen LogP) is 6.25. The van der Waals surface area contributed by atoms with Crippen molar-refractivity contribution in [2.45, 2.75) is 110 Å². The van der Waals surface area contributed by atoms with E-state index >= 15 is 0 Å². The highest BCUT2D eigenvalue weighted by Crippen LogP contribution is 2.33. The first-order valence-electron chi connectivity index (χ1n) is 19.5. The second kappa shape index (κ2) is 23.0. The number of carboxylic acids is 1. The summed E-state index contributed by atoms with van der Waals surface area (Å²) in [5, 5.41) is 14.9. The number of Topliss-reactive ketones (excluding diaryl/α,β-unsaturated/α-hetero) is 1. The Bertz CT molecular complexity index is 1460. The summed E-state index contributed by atoms with van der Waals surface area (Å²) in [6, 6.07) is 8.75. The van der Waals surface area contributed by atoms with Gasteiger partial charge in [0.2, 0.25) is 5.91 Å². The quantitative estimate of drug-likeness (QED) is 0.117. The van der Waals surface area contributed by atoms with Crippen molar-refractivity contribution in [1.82, 2.24) is 20.1 Å². The van der Waals surface area contributed by atoms with E-state index in [0.29, 0.717) is 31.0 Å². The van der Waals surface area contributed by atoms with Gasteiger partial charge in [-0.2, -0.15) is 0 Å². The number of aliphatic carboxylic acids is 1. The molecule has 2 aromatic rings. The second-order valence-corrected chi connectivity index (χ2v) is 16.1. The first-order chi connectivity index (χ1) is 25.8. The van der Waals surface area contributed by atoms with Crippen molar-refractivity contribution in [3.8, 4) is 0 Å². The number of nitrogens with one attached hydrogen (secondary N) is 1. The third-order valence-electron chi connectivity index (χ3n) is 10.8. The van der Waals surface area contributed by atoms with E-state index < -0.39 is 35.9 Å². The number of benzene rings is 1. The second-order valence-electron chi connectivity index (χ2n) is 15.2. The lowest BCUT2D eigenvalue weighted by Gasteiger charge is -2.40. The molecule has 1 aliphatic rings. The number of amides is 2. The summed E-state index contributed by atoms with van der Waals surface area (Å²) in [6.45, 7) is 11.4. The number of carbonyl (C=O) groups is 4. The number of likely N-dealkylation sites (N-methyl/N-ethyl adjacent to an activating group) is 1. The lowest BCUT2D eigenvalue weighted by molar-refractivity contribution is -0.146. The van der Waals surface area contributed by atoms with E-state index in [9.17, 15) is 24.3 Å². The zero-order valence-electron chi connectivity index (χ0n) is 33.6. The Kier molecular flexibility index (Phi) is 19.2. The Morgan fingerprint density at radius 3 is 2.39 bits per heavy atom. The Morgan fingerprint density at radius 2 is 1.78 bits per heavy atom. The Morgan fingerprint density at radius 1 is 1.06 bits per heavy atom. The summed E-state index contributed by atoms with van der Waals surface area (Å²) >= 11 is 1.29. The first kappa shape index (κ1) is 45.2. The molecule has 2 amide bonds. The van der Waals surface area contributed by atoms with Crippen LogP contribution in [-0.4, -0.2) is 109 Å². The standard InChI is InChI=1S/C41H64N4O8S/c1-9-28(4)32(23-36(46)34-17-13-14-18-44(34)6)40(48)45(19-20-51-7)35(27(2)3)24-37(53-26-52-8)39-43-33(25-54-39)38(47)42-31(21-29(5)41(49)50)22-30-15-11-10-12-16-30/h10-12,15-16,25,27-29,31-32,34-35,37H,9,13-14,17-24,26H2,1-8H3,(H,42,47)(H,49,50)/t28?,29-,31+,32?,34?,35+,37+/m0/s1. The zero-order valence-corrected chi connectivity index (χ0v) is 34.4. The number of nitrogens with zero attached hydrogens (tertiary/aromatic N) is 3. The molecular weight excluding hydrogens is 709 g/mol. The van der Waals surface area contributed by atoms with Crippen LogP contribution in [0.15, 0.2) is 35.7 Å². The Labute approximate surface area is 326 Å². The summed E-state index contributed by atoms with van der Waals surface area (Å²) in [5.41, 5.74) is 1.19. The molecule has 1 fully saturated rings. The molecule has 54 heavy (non-hydrogen) atoms. The van der Waals surface area contributed by atoms with Crippen LogP contribution in [0.5, 0.6) is 0 Å². The largest absolute Gasteiger partial charge is 0.481 e. The predicted molar refractivity (Wildman–Crippen MR) is 210 cm³/mol. The van der Waals surface area contributed by atoms with Crippen LogP contribution in [0.3, 0.4) is 0 Å². The number of piperidine rings is 1. The van der Waals surface area contributed by atoms with Crippen LogP contribution in [0, 0.1) is 23.7 Å². The minimum absolute atomic E-state index is 0.00187. The molecule has 302 valence electrons. The third kappa shape index (κ3) is 13.5. The van der Waals surface area contributed by atoms with E-state index in [1.807, 2.05) is 42.3 Å². The molecule has 13 heteroatoms. The van der Waals surface area contributed by atoms with Gasteiger partial charge in [-0.3, -0.25) is 24.1 Å². The van der Waals surface area contributed by atoms with Crippen LogP contribution in [0.1, 0.15) is 107 Å². The monoisotopic (exact) mass is 772 g/mol. The highest BCUT2D eigenvalue weighted by molar-refractivity contribution is 7.09. The van der Waals surface area contributed by atoms with Crippen LogP contribution in [0.25, 0.3) is 0 Å². The van der Waals surface area contributed by atoms with E-state index in [1.165, 1.54) is 18.4 Å². The maximum Gasteiger partial charge on any atom is 0.306 e. The van der Waals surface area contributed by atoms with Crippen LogP contribution in [0.4, 0.5) is 0 Å². The number of aromatic nitrogens is 1. The number of ketones is 1. The van der Waals surface area contributed by atoms with Gasteiger partial charge >= 0.3 is 5.97 Å². The molecule has 1 aromatic carbocycles. The summed E-state index contributed by atoms with van der Waals surface area (Å²) in [7, 11) is 5.15. The van der Waals surface area contributed by atoms with Crippen molar-refractivity contribution in [2.24, 2.45) is 23.7 Å². The SMILES string of the molecule is CCC(C)C(CC(=O)C1CCCCN1C)C(=O)N(CCOC)[C@H](C[C@@H](OCOC)c1nc(C(=O)N[C@@H](Cc2ccccc2)C[C@H](C)C(=O)O)cs1)C(C)C. The minimum atomic E-state index is -0.923. The molecule has 0 radical (unpaired) electrons. The van der Waals surface area contributed by atoms with Crippen LogP contribution < -0.4 is 5.32 Å². The normalized spacial score (nSPS) is 18.4. The summed E-state index contributed by atoms with van der Waals surface area (Å²) in [5.74, 6) is -2.37. The van der Waals surface area contributed by atoms with E-state index in [1.54, 1.807) is 19.4 Å². The number of likely N-dealkylation sites (tertiary alicyclic amines) is 1. The van der Waals surface area contributed by atoms with Gasteiger partial charge in [0.05, 0.1) is 18.6 Å². The van der Waals surface area contributed by atoms with Crippen molar-refractivity contribution >= 4 is 34.9 Å². The summed E-state index contributed by atoms with van der Waals surface area (Å²) in [4.78, 5) is 62.5. The zero-order chi connectivity index (χ0) is 39.8. The maximum absolute atomic E-state index is 14.7. The highest BCUT2D eigenvalue weighted by atomic mass is 32.1. The number of ether oxygens (including phenoxy) is 3. The molecule has 1 aliphatic heterocycles. The van der Waals surface area contributed by atoms with Crippen molar-refractivity contribution in [2.75, 3.05) is 47.8 Å². The fourth-order valence-corrected chi connectivity index (χ4v) is 8.14. The number of carboxylic acid groups (broad SMARTS) is 1. The molecule has 0 bridgehead atoms. The molecule has 2 N–H and O–H groups in total. The van der Waals surface area contributed by atoms with Crippen molar-refractivity contribution in [1.29, 1.82) is 0 Å². The van der Waals surface area contributed by atoms with Gasteiger partial charge in [0.25, 0.3) is 5.91 Å². The van der Waals surface area contributed by atoms with Crippen molar-refractivity contribution in [3.05, 3.63) is 52.0 Å². The fourth-order valence-electron chi connectivity index (χ4n) is 7.28. The van der Waals surface area contributed by atoms with Crippen molar-refractivity contribution in [3.63, 3.8) is 0 Å². The van der Waals surface area contributed by atoms with Crippen LogP contribution in [-0.2, 0) is 35.0 Å². The van der Waals surface area contributed by atoms with E-state index in [-0.39, 0.29) is 60.9 Å². The molecule has 0 aliphatic carbocycles. The number of hydrogen-bond donors (Lipinski definition) is 2.